The first-order chi connectivity index (χ1) is 8.99. The lowest BCUT2D eigenvalue weighted by Gasteiger charge is -2.33. The van der Waals surface area contributed by atoms with Crippen LogP contribution in [0.15, 0.2) is 16.6 Å². The summed E-state index contributed by atoms with van der Waals surface area (Å²) in [5.41, 5.74) is 2.06. The zero-order valence-corrected chi connectivity index (χ0v) is 13.2. The van der Waals surface area contributed by atoms with Crippen LogP contribution in [0, 0.1) is 6.92 Å². The molecule has 3 nitrogen and oxygen atoms in total. The Balaban J connectivity index is 2.19. The minimum atomic E-state index is -0.728. The molecule has 0 saturated carbocycles. The zero-order chi connectivity index (χ0) is 14.0. The Bertz CT molecular complexity index is 493. The van der Waals surface area contributed by atoms with Gasteiger partial charge in [-0.25, -0.2) is 0 Å². The highest BCUT2D eigenvalue weighted by atomic mass is 79.9. The summed E-state index contributed by atoms with van der Waals surface area (Å²) < 4.78 is 0.990. The number of halogens is 2. The number of carboxylic acids is 1. The van der Waals surface area contributed by atoms with Crippen LogP contribution in [0.5, 0.6) is 0 Å². The number of rotatable bonds is 3. The van der Waals surface area contributed by atoms with Crippen molar-refractivity contribution in [2.75, 3.05) is 6.54 Å². The molecule has 1 heterocycles. The molecular formula is C14H17BrClNO2. The fraction of sp³-hybridized carbons (Fsp3) is 0.500. The Morgan fingerprint density at radius 3 is 2.95 bits per heavy atom. The van der Waals surface area contributed by atoms with Gasteiger partial charge in [-0.1, -0.05) is 34.0 Å². The predicted octanol–water partition coefficient (Wildman–Crippen LogP) is 3.85. The van der Waals surface area contributed by atoms with Crippen LogP contribution in [0.4, 0.5) is 0 Å². The number of aliphatic carboxylic acids is 1. The van der Waals surface area contributed by atoms with Crippen LogP contribution in [-0.4, -0.2) is 28.6 Å². The van der Waals surface area contributed by atoms with Crippen LogP contribution in [0.25, 0.3) is 0 Å². The van der Waals surface area contributed by atoms with Gasteiger partial charge in [-0.05, 0) is 49.6 Å². The largest absolute Gasteiger partial charge is 0.480 e. The Kier molecular flexibility index (Phi) is 4.87. The van der Waals surface area contributed by atoms with Crippen LogP contribution < -0.4 is 0 Å². The smallest absolute Gasteiger partial charge is 0.320 e. The molecule has 0 aromatic heterocycles. The molecule has 1 aromatic carbocycles. The van der Waals surface area contributed by atoms with E-state index in [-0.39, 0.29) is 6.04 Å². The van der Waals surface area contributed by atoms with Gasteiger partial charge in [-0.15, -0.1) is 0 Å². The molecule has 2 rings (SSSR count). The molecule has 1 fully saturated rings. The highest BCUT2D eigenvalue weighted by Gasteiger charge is 2.28. The van der Waals surface area contributed by atoms with Crippen molar-refractivity contribution >= 4 is 33.5 Å². The highest BCUT2D eigenvalue weighted by Crippen LogP contribution is 2.28. The Hall–Kier alpha value is -0.580. The number of hydrogen-bond acceptors (Lipinski definition) is 2. The number of carboxylic acid groups (broad SMARTS) is 1. The number of piperidine rings is 1. The van der Waals surface area contributed by atoms with Gasteiger partial charge in [-0.2, -0.15) is 0 Å². The van der Waals surface area contributed by atoms with E-state index in [0.29, 0.717) is 6.54 Å². The lowest BCUT2D eigenvalue weighted by atomic mass is 10.0. The quantitative estimate of drug-likeness (QED) is 0.903. The van der Waals surface area contributed by atoms with Gasteiger partial charge in [0.1, 0.15) is 6.04 Å². The van der Waals surface area contributed by atoms with Gasteiger partial charge in [0.15, 0.2) is 0 Å². The molecule has 1 N–H and O–H groups in total. The van der Waals surface area contributed by atoms with Crippen LogP contribution >= 0.6 is 27.5 Å². The molecule has 1 aliphatic rings. The summed E-state index contributed by atoms with van der Waals surface area (Å²) in [4.78, 5) is 13.3. The molecule has 5 heteroatoms. The van der Waals surface area contributed by atoms with Crippen molar-refractivity contribution in [1.29, 1.82) is 0 Å². The van der Waals surface area contributed by atoms with E-state index < -0.39 is 5.97 Å². The van der Waals surface area contributed by atoms with Gasteiger partial charge >= 0.3 is 5.97 Å². The molecule has 0 spiro atoms. The summed E-state index contributed by atoms with van der Waals surface area (Å²) in [7, 11) is 0. The SMILES string of the molecule is Cc1cc(Br)c(CN2CCCCC2C(=O)O)cc1Cl. The van der Waals surface area contributed by atoms with Gasteiger partial charge in [0.25, 0.3) is 0 Å². The topological polar surface area (TPSA) is 40.5 Å². The molecular weight excluding hydrogens is 330 g/mol. The van der Waals surface area contributed by atoms with Crippen molar-refractivity contribution in [2.24, 2.45) is 0 Å². The summed E-state index contributed by atoms with van der Waals surface area (Å²) >= 11 is 9.68. The van der Waals surface area contributed by atoms with E-state index in [1.807, 2.05) is 24.0 Å². The number of hydrogen-bond donors (Lipinski definition) is 1. The number of carbonyl (C=O) groups is 1. The minimum absolute atomic E-state index is 0.374. The van der Waals surface area contributed by atoms with Gasteiger partial charge in [0.2, 0.25) is 0 Å². The molecule has 0 bridgehead atoms. The van der Waals surface area contributed by atoms with Crippen molar-refractivity contribution in [2.45, 2.75) is 38.8 Å². The van der Waals surface area contributed by atoms with E-state index in [2.05, 4.69) is 15.9 Å². The predicted molar refractivity (Wildman–Crippen MR) is 79.6 cm³/mol. The van der Waals surface area contributed by atoms with Crippen molar-refractivity contribution in [3.63, 3.8) is 0 Å². The second-order valence-corrected chi connectivity index (χ2v) is 6.27. The van der Waals surface area contributed by atoms with E-state index in [4.69, 9.17) is 11.6 Å². The number of benzene rings is 1. The average molecular weight is 347 g/mol. The first kappa shape index (κ1) is 14.8. The van der Waals surface area contributed by atoms with Crippen molar-refractivity contribution in [3.8, 4) is 0 Å². The normalized spacial score (nSPS) is 20.5. The standard InChI is InChI=1S/C14H17BrClNO2/c1-9-6-11(15)10(7-12(9)16)8-17-5-3-2-4-13(17)14(18)19/h6-7,13H,2-5,8H2,1H3,(H,18,19). The van der Waals surface area contributed by atoms with Gasteiger partial charge in [-0.3, -0.25) is 9.69 Å². The summed E-state index contributed by atoms with van der Waals surface area (Å²) in [6.45, 7) is 3.41. The minimum Gasteiger partial charge on any atom is -0.480 e. The highest BCUT2D eigenvalue weighted by molar-refractivity contribution is 9.10. The maximum Gasteiger partial charge on any atom is 0.320 e. The third-order valence-corrected chi connectivity index (χ3v) is 4.75. The summed E-state index contributed by atoms with van der Waals surface area (Å²) in [6, 6.07) is 3.53. The summed E-state index contributed by atoms with van der Waals surface area (Å²) in [5.74, 6) is -0.728. The van der Waals surface area contributed by atoms with Gasteiger partial charge < -0.3 is 5.11 Å². The summed E-state index contributed by atoms with van der Waals surface area (Å²) in [6.07, 6.45) is 2.77. The fourth-order valence-electron chi connectivity index (χ4n) is 2.49. The Morgan fingerprint density at radius 2 is 2.26 bits per heavy atom. The maximum atomic E-state index is 11.3. The van der Waals surface area contributed by atoms with Crippen molar-refractivity contribution in [3.05, 3.63) is 32.8 Å². The van der Waals surface area contributed by atoms with Gasteiger partial charge in [0, 0.05) is 16.0 Å². The molecule has 1 unspecified atom stereocenters. The van der Waals surface area contributed by atoms with Crippen molar-refractivity contribution in [1.82, 2.24) is 4.90 Å². The molecule has 104 valence electrons. The summed E-state index contributed by atoms with van der Waals surface area (Å²) in [5, 5.41) is 10.00. The van der Waals surface area contributed by atoms with E-state index in [9.17, 15) is 9.90 Å². The molecule has 19 heavy (non-hydrogen) atoms. The van der Waals surface area contributed by atoms with Crippen LogP contribution in [0.1, 0.15) is 30.4 Å². The lowest BCUT2D eigenvalue weighted by molar-refractivity contribution is -0.144. The first-order valence-electron chi connectivity index (χ1n) is 6.40. The molecule has 1 saturated heterocycles. The molecule has 0 amide bonds. The number of aryl methyl sites for hydroxylation is 1. The Labute approximate surface area is 126 Å². The molecule has 1 atom stereocenters. The lowest BCUT2D eigenvalue weighted by Crippen LogP contribution is -2.44. The average Bonchev–Trinajstić information content (AvgIpc) is 2.36. The van der Waals surface area contributed by atoms with Gasteiger partial charge in [0.05, 0.1) is 0 Å². The van der Waals surface area contributed by atoms with E-state index in [1.54, 1.807) is 0 Å². The van der Waals surface area contributed by atoms with Crippen LogP contribution in [-0.2, 0) is 11.3 Å². The van der Waals surface area contributed by atoms with Crippen molar-refractivity contribution < 1.29 is 9.90 Å². The third-order valence-electron chi connectivity index (χ3n) is 3.60. The zero-order valence-electron chi connectivity index (χ0n) is 10.8. The second kappa shape index (κ2) is 6.25. The number of likely N-dealkylation sites (tertiary alicyclic amines) is 1. The Morgan fingerprint density at radius 1 is 1.53 bits per heavy atom. The van der Waals surface area contributed by atoms with E-state index in [1.165, 1.54) is 0 Å². The monoisotopic (exact) mass is 345 g/mol. The molecule has 1 aliphatic heterocycles. The van der Waals surface area contributed by atoms with Crippen LogP contribution in [0.2, 0.25) is 5.02 Å². The van der Waals surface area contributed by atoms with E-state index >= 15 is 0 Å². The molecule has 0 radical (unpaired) electrons. The maximum absolute atomic E-state index is 11.3. The van der Waals surface area contributed by atoms with E-state index in [0.717, 1.165) is 46.4 Å². The first-order valence-corrected chi connectivity index (χ1v) is 7.57. The third kappa shape index (κ3) is 3.50. The fourth-order valence-corrected chi connectivity index (χ4v) is 3.26. The second-order valence-electron chi connectivity index (χ2n) is 5.01. The van der Waals surface area contributed by atoms with Crippen LogP contribution in [0.3, 0.4) is 0 Å². The molecule has 0 aliphatic carbocycles. The number of nitrogens with zero attached hydrogens (tertiary/aromatic N) is 1. The molecule has 1 aromatic rings.